The van der Waals surface area contributed by atoms with E-state index in [4.69, 9.17) is 0 Å². The number of nitrogens with zero attached hydrogens (tertiary/aromatic N) is 2. The second kappa shape index (κ2) is 9.93. The van der Waals surface area contributed by atoms with Crippen LogP contribution in [0.4, 0.5) is 18.0 Å². The van der Waals surface area contributed by atoms with Crippen molar-refractivity contribution in [2.45, 2.75) is 25.9 Å². The van der Waals surface area contributed by atoms with Gasteiger partial charge in [0, 0.05) is 24.8 Å². The number of hydrogen-bond donors (Lipinski definition) is 2. The first-order valence-corrected chi connectivity index (χ1v) is 9.22. The van der Waals surface area contributed by atoms with Crippen molar-refractivity contribution in [1.29, 1.82) is 0 Å². The first-order valence-electron chi connectivity index (χ1n) is 9.22. The number of carbonyl (C=O) groups is 1. The molecule has 1 aromatic heterocycles. The van der Waals surface area contributed by atoms with Gasteiger partial charge in [0.15, 0.2) is 0 Å². The van der Waals surface area contributed by atoms with Gasteiger partial charge < -0.3 is 15.4 Å². The molecule has 0 saturated carbocycles. The molecule has 0 unspecified atom stereocenters. The van der Waals surface area contributed by atoms with E-state index in [2.05, 4.69) is 20.5 Å². The highest BCUT2D eigenvalue weighted by molar-refractivity contribution is 5.73. The molecule has 3 aromatic rings. The third-order valence-electron chi connectivity index (χ3n) is 4.12. The molecule has 0 aliphatic rings. The highest BCUT2D eigenvalue weighted by Gasteiger charge is 2.27. The van der Waals surface area contributed by atoms with Crippen LogP contribution in [0, 0.1) is 0 Å². The van der Waals surface area contributed by atoms with Crippen LogP contribution >= 0.6 is 0 Å². The summed E-state index contributed by atoms with van der Waals surface area (Å²) in [6, 6.07) is 16.1. The fourth-order valence-corrected chi connectivity index (χ4v) is 2.64. The molecule has 6 nitrogen and oxygen atoms in total. The van der Waals surface area contributed by atoms with Crippen LogP contribution < -0.4 is 10.6 Å². The second-order valence-electron chi connectivity index (χ2n) is 6.59. The molecular formula is C21H21F3N4O2. The number of amides is 2. The number of para-hydroxylation sites is 1. The van der Waals surface area contributed by atoms with Gasteiger partial charge in [-0.05, 0) is 23.3 Å². The number of benzene rings is 2. The molecule has 2 aromatic carbocycles. The molecule has 30 heavy (non-hydrogen) atoms. The van der Waals surface area contributed by atoms with Crippen LogP contribution in [0.2, 0.25) is 0 Å². The van der Waals surface area contributed by atoms with E-state index in [1.165, 1.54) is 0 Å². The standard InChI is InChI=1S/C21H21F3N4O2/c22-21(23,24)15-30-14-17-8-6-16(7-9-17)10-25-20(29)26-11-18-12-27-28(13-18)19-4-2-1-3-5-19/h1-9,12-13H,10-11,14-15H2,(H2,25,26,29). The molecular weight excluding hydrogens is 397 g/mol. The average molecular weight is 418 g/mol. The van der Waals surface area contributed by atoms with Crippen LogP contribution in [0.5, 0.6) is 0 Å². The van der Waals surface area contributed by atoms with Crippen LogP contribution in [0.15, 0.2) is 67.0 Å². The monoisotopic (exact) mass is 418 g/mol. The lowest BCUT2D eigenvalue weighted by Gasteiger charge is -2.09. The van der Waals surface area contributed by atoms with Crippen molar-refractivity contribution in [3.05, 3.63) is 83.7 Å². The van der Waals surface area contributed by atoms with Gasteiger partial charge in [0.05, 0.1) is 18.5 Å². The summed E-state index contributed by atoms with van der Waals surface area (Å²) in [4.78, 5) is 12.0. The smallest absolute Gasteiger partial charge is 0.367 e. The lowest BCUT2D eigenvalue weighted by atomic mass is 10.1. The van der Waals surface area contributed by atoms with Crippen LogP contribution in [0.25, 0.3) is 5.69 Å². The zero-order valence-electron chi connectivity index (χ0n) is 16.0. The van der Waals surface area contributed by atoms with Gasteiger partial charge in [0.1, 0.15) is 6.61 Å². The summed E-state index contributed by atoms with van der Waals surface area (Å²) in [7, 11) is 0. The Balaban J connectivity index is 1.39. The fraction of sp³-hybridized carbons (Fsp3) is 0.238. The van der Waals surface area contributed by atoms with E-state index in [1.807, 2.05) is 36.5 Å². The second-order valence-corrected chi connectivity index (χ2v) is 6.59. The molecule has 0 aliphatic heterocycles. The summed E-state index contributed by atoms with van der Waals surface area (Å²) in [5.41, 5.74) is 3.24. The highest BCUT2D eigenvalue weighted by Crippen LogP contribution is 2.16. The maximum atomic E-state index is 12.1. The number of alkyl halides is 3. The summed E-state index contributed by atoms with van der Waals surface area (Å²) in [6.45, 7) is -0.780. The summed E-state index contributed by atoms with van der Waals surface area (Å²) in [5.74, 6) is 0. The zero-order valence-corrected chi connectivity index (χ0v) is 16.0. The number of ether oxygens (including phenoxy) is 1. The number of nitrogens with one attached hydrogen (secondary N) is 2. The summed E-state index contributed by atoms with van der Waals surface area (Å²) >= 11 is 0. The average Bonchev–Trinajstić information content (AvgIpc) is 3.20. The Labute approximate surface area is 171 Å². The minimum atomic E-state index is -4.34. The molecule has 0 radical (unpaired) electrons. The number of hydrogen-bond acceptors (Lipinski definition) is 3. The third-order valence-corrected chi connectivity index (χ3v) is 4.12. The number of rotatable bonds is 8. The molecule has 0 spiro atoms. The Bertz CT molecular complexity index is 941. The summed E-state index contributed by atoms with van der Waals surface area (Å²) in [6.07, 6.45) is -0.806. The molecule has 9 heteroatoms. The van der Waals surface area contributed by atoms with Gasteiger partial charge in [-0.2, -0.15) is 18.3 Å². The van der Waals surface area contributed by atoms with E-state index in [-0.39, 0.29) is 12.6 Å². The molecule has 0 bridgehead atoms. The lowest BCUT2D eigenvalue weighted by Crippen LogP contribution is -2.34. The molecule has 0 aliphatic carbocycles. The van der Waals surface area contributed by atoms with Gasteiger partial charge in [-0.3, -0.25) is 0 Å². The van der Waals surface area contributed by atoms with Crippen LogP contribution in [0.1, 0.15) is 16.7 Å². The van der Waals surface area contributed by atoms with Gasteiger partial charge in [0.25, 0.3) is 0 Å². The topological polar surface area (TPSA) is 68.2 Å². The summed E-state index contributed by atoms with van der Waals surface area (Å²) < 4.78 is 42.6. The number of carbonyl (C=O) groups excluding carboxylic acids is 1. The number of aromatic nitrogens is 2. The van der Waals surface area contributed by atoms with E-state index >= 15 is 0 Å². The van der Waals surface area contributed by atoms with Crippen molar-refractivity contribution < 1.29 is 22.7 Å². The Morgan fingerprint density at radius 2 is 1.57 bits per heavy atom. The molecule has 158 valence electrons. The maximum absolute atomic E-state index is 12.1. The van der Waals surface area contributed by atoms with Crippen molar-refractivity contribution in [1.82, 2.24) is 20.4 Å². The highest BCUT2D eigenvalue weighted by atomic mass is 19.4. The maximum Gasteiger partial charge on any atom is 0.411 e. The first-order chi connectivity index (χ1) is 14.4. The van der Waals surface area contributed by atoms with Crippen LogP contribution in [0.3, 0.4) is 0 Å². The predicted octanol–water partition coefficient (Wildman–Crippen LogP) is 3.95. The Hall–Kier alpha value is -3.33. The Morgan fingerprint density at radius 1 is 0.933 bits per heavy atom. The van der Waals surface area contributed by atoms with Gasteiger partial charge in [-0.1, -0.05) is 42.5 Å². The third kappa shape index (κ3) is 6.93. The SMILES string of the molecule is O=C(NCc1ccc(COCC(F)(F)F)cc1)NCc1cnn(-c2ccccc2)c1. The number of urea groups is 1. The fourth-order valence-electron chi connectivity index (χ4n) is 2.64. The molecule has 3 rings (SSSR count). The van der Waals surface area contributed by atoms with Gasteiger partial charge in [-0.25, -0.2) is 9.48 Å². The van der Waals surface area contributed by atoms with Crippen molar-refractivity contribution in [2.24, 2.45) is 0 Å². The van der Waals surface area contributed by atoms with Gasteiger partial charge >= 0.3 is 12.2 Å². The van der Waals surface area contributed by atoms with Crippen molar-refractivity contribution in [3.8, 4) is 5.69 Å². The van der Waals surface area contributed by atoms with Crippen LogP contribution in [-0.4, -0.2) is 28.6 Å². The Morgan fingerprint density at radius 3 is 2.23 bits per heavy atom. The predicted molar refractivity (Wildman–Crippen MR) is 105 cm³/mol. The lowest BCUT2D eigenvalue weighted by molar-refractivity contribution is -0.176. The van der Waals surface area contributed by atoms with E-state index < -0.39 is 12.8 Å². The minimum absolute atomic E-state index is 0.121. The van der Waals surface area contributed by atoms with Gasteiger partial charge in [-0.15, -0.1) is 0 Å². The summed E-state index contributed by atoms with van der Waals surface area (Å²) in [5, 5.41) is 9.76. The van der Waals surface area contributed by atoms with Crippen LogP contribution in [-0.2, 0) is 24.4 Å². The van der Waals surface area contributed by atoms with Crippen molar-refractivity contribution >= 4 is 6.03 Å². The largest absolute Gasteiger partial charge is 0.411 e. The zero-order chi connectivity index (χ0) is 21.4. The number of halogens is 3. The normalized spacial score (nSPS) is 11.3. The molecule has 1 heterocycles. The Kier molecular flexibility index (Phi) is 7.08. The van der Waals surface area contributed by atoms with Gasteiger partial charge in [0.2, 0.25) is 0 Å². The van der Waals surface area contributed by atoms with E-state index in [0.717, 1.165) is 16.8 Å². The molecule has 0 atom stereocenters. The molecule has 2 amide bonds. The van der Waals surface area contributed by atoms with Crippen molar-refractivity contribution in [2.75, 3.05) is 6.61 Å². The molecule has 0 saturated heterocycles. The quantitative estimate of drug-likeness (QED) is 0.582. The minimum Gasteiger partial charge on any atom is -0.367 e. The molecule has 2 N–H and O–H groups in total. The van der Waals surface area contributed by atoms with E-state index in [0.29, 0.717) is 18.7 Å². The van der Waals surface area contributed by atoms with E-state index in [1.54, 1.807) is 35.1 Å². The first kappa shape index (κ1) is 21.4. The molecule has 0 fully saturated rings. The van der Waals surface area contributed by atoms with E-state index in [9.17, 15) is 18.0 Å². The van der Waals surface area contributed by atoms with Crippen molar-refractivity contribution in [3.63, 3.8) is 0 Å².